The van der Waals surface area contributed by atoms with E-state index in [1.807, 2.05) is 30.3 Å². The molecule has 156 valence electrons. The van der Waals surface area contributed by atoms with Gasteiger partial charge < -0.3 is 5.32 Å². The molecule has 0 radical (unpaired) electrons. The molecule has 3 aromatic rings. The van der Waals surface area contributed by atoms with Crippen molar-refractivity contribution in [1.29, 1.82) is 0 Å². The van der Waals surface area contributed by atoms with Gasteiger partial charge in [0.2, 0.25) is 5.91 Å². The number of anilines is 1. The Morgan fingerprint density at radius 1 is 1.10 bits per heavy atom. The minimum atomic E-state index is -0.121. The second-order valence-corrected chi connectivity index (χ2v) is 8.21. The Bertz CT molecular complexity index is 1070. The number of rotatable bonds is 6. The summed E-state index contributed by atoms with van der Waals surface area (Å²) in [5.74, 6) is 0.716. The summed E-state index contributed by atoms with van der Waals surface area (Å²) >= 11 is 0. The van der Waals surface area contributed by atoms with Gasteiger partial charge in [-0.15, -0.1) is 0 Å². The van der Waals surface area contributed by atoms with Crippen LogP contribution in [0.2, 0.25) is 0 Å². The Morgan fingerprint density at radius 2 is 1.83 bits per heavy atom. The van der Waals surface area contributed by atoms with Crippen LogP contribution in [0.5, 0.6) is 0 Å². The Balaban J connectivity index is 1.30. The molecule has 6 heteroatoms. The van der Waals surface area contributed by atoms with Gasteiger partial charge in [-0.05, 0) is 61.7 Å². The number of aromatic nitrogens is 2. The molecule has 2 aromatic carbocycles. The van der Waals surface area contributed by atoms with E-state index in [-0.39, 0.29) is 17.9 Å². The lowest BCUT2D eigenvalue weighted by molar-refractivity contribution is -0.116. The third-order valence-electron chi connectivity index (χ3n) is 5.83. The second kappa shape index (κ2) is 9.22. The van der Waals surface area contributed by atoms with Gasteiger partial charge in [-0.3, -0.25) is 19.1 Å². The minimum Gasteiger partial charge on any atom is -0.326 e. The number of likely N-dealkylation sites (tertiary alicyclic amines) is 1. The highest BCUT2D eigenvalue weighted by Crippen LogP contribution is 2.19. The summed E-state index contributed by atoms with van der Waals surface area (Å²) in [7, 11) is 0. The number of fused-ring (bicyclic) bond motifs is 1. The first-order valence-electron chi connectivity index (χ1n) is 10.6. The number of hydrogen-bond acceptors (Lipinski definition) is 4. The number of benzene rings is 2. The zero-order valence-corrected chi connectivity index (χ0v) is 17.4. The summed E-state index contributed by atoms with van der Waals surface area (Å²) < 4.78 is 1.49. The Labute approximate surface area is 176 Å². The average molecular weight is 405 g/mol. The van der Waals surface area contributed by atoms with Crippen molar-refractivity contribution in [2.24, 2.45) is 5.92 Å². The van der Waals surface area contributed by atoms with Crippen LogP contribution in [0, 0.1) is 5.92 Å². The minimum absolute atomic E-state index is 0.118. The van der Waals surface area contributed by atoms with E-state index in [1.54, 1.807) is 6.07 Å². The zero-order valence-electron chi connectivity index (χ0n) is 17.4. The molecule has 1 fully saturated rings. The van der Waals surface area contributed by atoms with Gasteiger partial charge >= 0.3 is 0 Å². The van der Waals surface area contributed by atoms with Crippen LogP contribution in [0.25, 0.3) is 10.9 Å². The van der Waals surface area contributed by atoms with E-state index < -0.39 is 0 Å². The van der Waals surface area contributed by atoms with Gasteiger partial charge in [0.05, 0.1) is 17.2 Å². The number of carbonyl (C=O) groups is 1. The lowest BCUT2D eigenvalue weighted by atomic mass is 9.99. The largest absolute Gasteiger partial charge is 0.326 e. The molecule has 1 N–H and O–H groups in total. The van der Waals surface area contributed by atoms with Crippen LogP contribution in [-0.4, -0.2) is 33.4 Å². The van der Waals surface area contributed by atoms with Crippen molar-refractivity contribution < 1.29 is 4.79 Å². The second-order valence-electron chi connectivity index (χ2n) is 8.21. The van der Waals surface area contributed by atoms with Crippen molar-refractivity contribution in [3.8, 4) is 0 Å². The number of hydrogen-bond donors (Lipinski definition) is 1. The molecule has 0 saturated carbocycles. The third-order valence-corrected chi connectivity index (χ3v) is 5.83. The standard InChI is InChI=1S/C24H28N4O2/c1-18-10-13-27(14-11-18)16-19-6-8-20(9-7-19)26-23(29)12-15-28-17-25-22-5-3-2-4-21(22)24(28)30/h2-9,17-18H,10-16H2,1H3,(H,26,29). The molecule has 0 atom stereocenters. The van der Waals surface area contributed by atoms with Crippen molar-refractivity contribution in [2.75, 3.05) is 18.4 Å². The highest BCUT2D eigenvalue weighted by molar-refractivity contribution is 5.90. The van der Waals surface area contributed by atoms with Crippen molar-refractivity contribution in [3.63, 3.8) is 0 Å². The van der Waals surface area contributed by atoms with Crippen LogP contribution in [0.1, 0.15) is 31.7 Å². The molecule has 1 aliphatic rings. The molecule has 30 heavy (non-hydrogen) atoms. The predicted octanol–water partition coefficient (Wildman–Crippen LogP) is 3.66. The maximum Gasteiger partial charge on any atom is 0.261 e. The molecular weight excluding hydrogens is 376 g/mol. The number of nitrogens with zero attached hydrogens (tertiary/aromatic N) is 3. The molecular formula is C24H28N4O2. The van der Waals surface area contributed by atoms with Crippen molar-refractivity contribution in [2.45, 2.75) is 39.3 Å². The van der Waals surface area contributed by atoms with Crippen LogP contribution < -0.4 is 10.9 Å². The third kappa shape index (κ3) is 4.94. The number of nitrogens with one attached hydrogen (secondary N) is 1. The fourth-order valence-corrected chi connectivity index (χ4v) is 3.88. The molecule has 1 aromatic heterocycles. The van der Waals surface area contributed by atoms with E-state index in [2.05, 4.69) is 34.3 Å². The highest BCUT2D eigenvalue weighted by atomic mass is 16.1. The molecule has 1 amide bonds. The summed E-state index contributed by atoms with van der Waals surface area (Å²) in [5.41, 5.74) is 2.59. The van der Waals surface area contributed by atoms with Gasteiger partial charge in [-0.2, -0.15) is 0 Å². The van der Waals surface area contributed by atoms with Crippen LogP contribution >= 0.6 is 0 Å². The summed E-state index contributed by atoms with van der Waals surface area (Å²) in [6.07, 6.45) is 4.26. The SMILES string of the molecule is CC1CCN(Cc2ccc(NC(=O)CCn3cnc4ccccc4c3=O)cc2)CC1. The van der Waals surface area contributed by atoms with Gasteiger partial charge in [-0.25, -0.2) is 4.98 Å². The highest BCUT2D eigenvalue weighted by Gasteiger charge is 2.15. The molecule has 0 spiro atoms. The number of carbonyl (C=O) groups excluding carboxylic acids is 1. The van der Waals surface area contributed by atoms with Gasteiger partial charge in [0.15, 0.2) is 0 Å². The summed E-state index contributed by atoms with van der Waals surface area (Å²) in [6.45, 7) is 5.89. The first kappa shape index (κ1) is 20.3. The molecule has 0 unspecified atom stereocenters. The monoisotopic (exact) mass is 404 g/mol. The fourth-order valence-electron chi connectivity index (χ4n) is 3.88. The quantitative estimate of drug-likeness (QED) is 0.681. The van der Waals surface area contributed by atoms with Crippen LogP contribution in [0.4, 0.5) is 5.69 Å². The maximum absolute atomic E-state index is 12.5. The van der Waals surface area contributed by atoms with Crippen LogP contribution in [-0.2, 0) is 17.9 Å². The van der Waals surface area contributed by atoms with Gasteiger partial charge in [0.25, 0.3) is 5.56 Å². The number of amides is 1. The number of para-hydroxylation sites is 1. The van der Waals surface area contributed by atoms with Gasteiger partial charge in [0.1, 0.15) is 0 Å². The first-order valence-corrected chi connectivity index (χ1v) is 10.6. The Morgan fingerprint density at radius 3 is 2.60 bits per heavy atom. The average Bonchev–Trinajstić information content (AvgIpc) is 2.76. The van der Waals surface area contributed by atoms with E-state index in [0.717, 1.165) is 31.2 Å². The molecule has 0 bridgehead atoms. The van der Waals surface area contributed by atoms with Crippen molar-refractivity contribution in [3.05, 3.63) is 70.8 Å². The summed E-state index contributed by atoms with van der Waals surface area (Å²) in [5, 5.41) is 3.49. The fraction of sp³-hybridized carbons (Fsp3) is 0.375. The van der Waals surface area contributed by atoms with E-state index in [0.29, 0.717) is 17.4 Å². The topological polar surface area (TPSA) is 67.2 Å². The molecule has 1 saturated heterocycles. The predicted molar refractivity (Wildman–Crippen MR) is 119 cm³/mol. The van der Waals surface area contributed by atoms with E-state index >= 15 is 0 Å². The molecule has 2 heterocycles. The molecule has 1 aliphatic heterocycles. The van der Waals surface area contributed by atoms with Crippen LogP contribution in [0.15, 0.2) is 59.7 Å². The molecule has 0 aliphatic carbocycles. The van der Waals surface area contributed by atoms with E-state index in [4.69, 9.17) is 0 Å². The Kier molecular flexibility index (Phi) is 6.23. The molecule has 6 nitrogen and oxygen atoms in total. The van der Waals surface area contributed by atoms with E-state index in [1.165, 1.54) is 29.3 Å². The normalized spacial score (nSPS) is 15.4. The number of piperidine rings is 1. The zero-order chi connectivity index (χ0) is 20.9. The smallest absolute Gasteiger partial charge is 0.261 e. The van der Waals surface area contributed by atoms with E-state index in [9.17, 15) is 9.59 Å². The molecule has 4 rings (SSSR count). The summed E-state index contributed by atoms with van der Waals surface area (Å²) in [4.78, 5) is 31.6. The first-order chi connectivity index (χ1) is 14.6. The van der Waals surface area contributed by atoms with Gasteiger partial charge in [-0.1, -0.05) is 31.2 Å². The lowest BCUT2D eigenvalue weighted by Crippen LogP contribution is -2.32. The summed E-state index contributed by atoms with van der Waals surface area (Å²) in [6, 6.07) is 15.3. The van der Waals surface area contributed by atoms with Gasteiger partial charge in [0, 0.05) is 25.2 Å². The van der Waals surface area contributed by atoms with Crippen LogP contribution in [0.3, 0.4) is 0 Å². The van der Waals surface area contributed by atoms with Crippen molar-refractivity contribution in [1.82, 2.24) is 14.5 Å². The Hall–Kier alpha value is -2.99. The van der Waals surface area contributed by atoms with Crippen molar-refractivity contribution >= 4 is 22.5 Å². The maximum atomic E-state index is 12.5. The lowest BCUT2D eigenvalue weighted by Gasteiger charge is -2.30. The number of aryl methyl sites for hydroxylation is 1.